The fraction of sp³-hybridized carbons (Fsp3) is 0.435. The molecule has 1 saturated heterocycles. The van der Waals surface area contributed by atoms with Gasteiger partial charge in [-0.25, -0.2) is 4.99 Å². The van der Waals surface area contributed by atoms with Gasteiger partial charge in [0.2, 0.25) is 0 Å². The lowest BCUT2D eigenvalue weighted by Gasteiger charge is -2.12. The Bertz CT molecular complexity index is 826. The monoisotopic (exact) mass is 537 g/mol. The second-order valence-electron chi connectivity index (χ2n) is 7.24. The number of rotatable bonds is 9. The summed E-state index contributed by atoms with van der Waals surface area (Å²) >= 11 is 0. The zero-order chi connectivity index (χ0) is 21.0. The summed E-state index contributed by atoms with van der Waals surface area (Å²) in [5.41, 5.74) is 2.68. The van der Waals surface area contributed by atoms with Crippen molar-refractivity contribution in [2.45, 2.75) is 38.8 Å². The molecule has 1 aliphatic heterocycles. The van der Waals surface area contributed by atoms with Crippen LogP contribution in [-0.2, 0) is 17.7 Å². The van der Waals surface area contributed by atoms with Crippen LogP contribution in [0.2, 0.25) is 0 Å². The fourth-order valence-electron chi connectivity index (χ4n) is 3.29. The van der Waals surface area contributed by atoms with E-state index in [2.05, 4.69) is 25.9 Å². The second-order valence-corrected chi connectivity index (χ2v) is 7.24. The highest BCUT2D eigenvalue weighted by Crippen LogP contribution is 2.11. The van der Waals surface area contributed by atoms with Crippen LogP contribution in [0.1, 0.15) is 41.4 Å². The van der Waals surface area contributed by atoms with Gasteiger partial charge < -0.3 is 20.7 Å². The minimum atomic E-state index is -0.0725. The number of carbonyl (C=O) groups excluding carboxylic acids is 1. The molecule has 0 radical (unpaired) electrons. The van der Waals surface area contributed by atoms with E-state index in [4.69, 9.17) is 4.74 Å². The van der Waals surface area contributed by atoms with Gasteiger partial charge in [-0.15, -0.1) is 24.0 Å². The number of aromatic nitrogens is 1. The minimum Gasteiger partial charge on any atom is -0.376 e. The van der Waals surface area contributed by atoms with E-state index in [1.807, 2.05) is 49.4 Å². The first-order chi connectivity index (χ1) is 14.7. The normalized spacial score (nSPS) is 15.8. The van der Waals surface area contributed by atoms with Crippen LogP contribution in [0.3, 0.4) is 0 Å². The lowest BCUT2D eigenvalue weighted by Crippen LogP contribution is -2.38. The van der Waals surface area contributed by atoms with Gasteiger partial charge in [-0.05, 0) is 49.6 Å². The van der Waals surface area contributed by atoms with Gasteiger partial charge in [0.05, 0.1) is 12.6 Å². The van der Waals surface area contributed by atoms with Crippen LogP contribution in [0.4, 0.5) is 0 Å². The Morgan fingerprint density at radius 1 is 1.19 bits per heavy atom. The Balaban J connectivity index is 0.00000341. The van der Waals surface area contributed by atoms with Crippen LogP contribution in [-0.4, -0.2) is 49.2 Å². The van der Waals surface area contributed by atoms with Gasteiger partial charge in [-0.3, -0.25) is 9.78 Å². The van der Waals surface area contributed by atoms with Crippen molar-refractivity contribution in [3.8, 4) is 0 Å². The summed E-state index contributed by atoms with van der Waals surface area (Å²) < 4.78 is 5.56. The molecule has 2 heterocycles. The van der Waals surface area contributed by atoms with Crippen molar-refractivity contribution in [2.24, 2.45) is 4.99 Å². The van der Waals surface area contributed by atoms with E-state index in [1.165, 1.54) is 0 Å². The molecule has 3 rings (SSSR count). The Labute approximate surface area is 201 Å². The van der Waals surface area contributed by atoms with E-state index in [0.717, 1.165) is 56.2 Å². The molecule has 1 amide bonds. The van der Waals surface area contributed by atoms with Crippen molar-refractivity contribution < 1.29 is 9.53 Å². The van der Waals surface area contributed by atoms with Gasteiger partial charge in [0, 0.05) is 50.1 Å². The number of nitrogens with one attached hydrogen (secondary N) is 3. The highest BCUT2D eigenvalue weighted by molar-refractivity contribution is 14.0. The van der Waals surface area contributed by atoms with Gasteiger partial charge in [0.25, 0.3) is 5.91 Å². The molecule has 1 unspecified atom stereocenters. The first-order valence-electron chi connectivity index (χ1n) is 10.7. The second kappa shape index (κ2) is 14.0. The van der Waals surface area contributed by atoms with Crippen LogP contribution >= 0.6 is 24.0 Å². The third kappa shape index (κ3) is 8.82. The number of benzene rings is 1. The third-order valence-electron chi connectivity index (χ3n) is 4.87. The summed E-state index contributed by atoms with van der Waals surface area (Å²) in [5, 5.41) is 9.55. The number of halogens is 1. The molecule has 3 N–H and O–H groups in total. The molecule has 1 fully saturated rings. The lowest BCUT2D eigenvalue weighted by molar-refractivity contribution is 0.0857. The number of ether oxygens (including phenoxy) is 1. The molecule has 31 heavy (non-hydrogen) atoms. The molecule has 1 aliphatic rings. The number of pyridine rings is 1. The summed E-state index contributed by atoms with van der Waals surface area (Å²) in [6, 6.07) is 13.5. The first kappa shape index (κ1) is 25.1. The van der Waals surface area contributed by atoms with Gasteiger partial charge >= 0.3 is 0 Å². The molecule has 2 aromatic rings. The number of guanidine groups is 1. The number of hydrogen-bond acceptors (Lipinski definition) is 4. The lowest BCUT2D eigenvalue weighted by atomic mass is 10.1. The zero-order valence-corrected chi connectivity index (χ0v) is 20.3. The number of nitrogens with zero attached hydrogens (tertiary/aromatic N) is 2. The largest absolute Gasteiger partial charge is 0.376 e. The maximum Gasteiger partial charge on any atom is 0.251 e. The molecule has 1 aromatic carbocycles. The van der Waals surface area contributed by atoms with Crippen LogP contribution in [0.5, 0.6) is 0 Å². The van der Waals surface area contributed by atoms with Gasteiger partial charge in [0.15, 0.2) is 5.96 Å². The fourth-order valence-corrected chi connectivity index (χ4v) is 3.29. The first-order valence-corrected chi connectivity index (χ1v) is 10.7. The SMILES string of the molecule is CCNC(=NCc1cccc(C(=O)NCC2CCCO2)c1)NCCc1ccccn1.I. The molecule has 0 saturated carbocycles. The molecule has 0 bridgehead atoms. The molecule has 168 valence electrons. The minimum absolute atomic E-state index is 0. The number of aliphatic imine (C=N–C) groups is 1. The van der Waals surface area contributed by atoms with Crippen LogP contribution < -0.4 is 16.0 Å². The Morgan fingerprint density at radius 3 is 2.84 bits per heavy atom. The van der Waals surface area contributed by atoms with Crippen LogP contribution in [0, 0.1) is 0 Å². The molecule has 1 atom stereocenters. The van der Waals surface area contributed by atoms with E-state index in [0.29, 0.717) is 18.7 Å². The molecular weight excluding hydrogens is 505 g/mol. The molecule has 0 spiro atoms. The highest BCUT2D eigenvalue weighted by atomic mass is 127. The average molecular weight is 537 g/mol. The third-order valence-corrected chi connectivity index (χ3v) is 4.87. The molecule has 8 heteroatoms. The Kier molecular flexibility index (Phi) is 11.3. The van der Waals surface area contributed by atoms with E-state index >= 15 is 0 Å². The maximum atomic E-state index is 12.4. The van der Waals surface area contributed by atoms with Gasteiger partial charge in [-0.2, -0.15) is 0 Å². The molecule has 0 aliphatic carbocycles. The summed E-state index contributed by atoms with van der Waals surface area (Å²) in [6.45, 7) is 5.40. The summed E-state index contributed by atoms with van der Waals surface area (Å²) in [6.07, 6.45) is 4.85. The van der Waals surface area contributed by atoms with Gasteiger partial charge in [-0.1, -0.05) is 18.2 Å². The van der Waals surface area contributed by atoms with E-state index < -0.39 is 0 Å². The predicted octanol–water partition coefficient (Wildman–Crippen LogP) is 2.91. The quantitative estimate of drug-likeness (QED) is 0.260. The molecular formula is C23H32IN5O2. The van der Waals surface area contributed by atoms with Crippen molar-refractivity contribution in [3.63, 3.8) is 0 Å². The van der Waals surface area contributed by atoms with E-state index in [1.54, 1.807) is 6.20 Å². The summed E-state index contributed by atoms with van der Waals surface area (Å²) in [5.74, 6) is 0.679. The molecule has 1 aromatic heterocycles. The number of hydrogen-bond donors (Lipinski definition) is 3. The number of amides is 1. The van der Waals surface area contributed by atoms with Crippen molar-refractivity contribution in [1.82, 2.24) is 20.9 Å². The van der Waals surface area contributed by atoms with Crippen LogP contribution in [0.25, 0.3) is 0 Å². The highest BCUT2D eigenvalue weighted by Gasteiger charge is 2.16. The standard InChI is InChI=1S/C23H31N5O2.HI/c1-2-24-23(26-13-11-20-9-3-4-12-25-20)28-16-18-7-5-8-19(15-18)22(29)27-17-21-10-6-14-30-21;/h3-5,7-9,12,15,21H,2,6,10-11,13-14,16-17H2,1H3,(H,27,29)(H2,24,26,28);1H. The predicted molar refractivity (Wildman–Crippen MR) is 134 cm³/mol. The van der Waals surface area contributed by atoms with Crippen molar-refractivity contribution >= 4 is 35.8 Å². The smallest absolute Gasteiger partial charge is 0.251 e. The van der Waals surface area contributed by atoms with Crippen molar-refractivity contribution in [3.05, 3.63) is 65.5 Å². The Morgan fingerprint density at radius 2 is 2.10 bits per heavy atom. The van der Waals surface area contributed by atoms with Crippen molar-refractivity contribution in [2.75, 3.05) is 26.2 Å². The number of carbonyl (C=O) groups is 1. The van der Waals surface area contributed by atoms with Crippen molar-refractivity contribution in [1.29, 1.82) is 0 Å². The van der Waals surface area contributed by atoms with E-state index in [9.17, 15) is 4.79 Å². The zero-order valence-electron chi connectivity index (χ0n) is 18.0. The summed E-state index contributed by atoms with van der Waals surface area (Å²) in [7, 11) is 0. The average Bonchev–Trinajstić information content (AvgIpc) is 3.30. The maximum absolute atomic E-state index is 12.4. The van der Waals surface area contributed by atoms with E-state index in [-0.39, 0.29) is 36.0 Å². The van der Waals surface area contributed by atoms with Crippen LogP contribution in [0.15, 0.2) is 53.7 Å². The van der Waals surface area contributed by atoms with Gasteiger partial charge in [0.1, 0.15) is 0 Å². The topological polar surface area (TPSA) is 87.6 Å². The Hall–Kier alpha value is -2.20. The molecule has 7 nitrogen and oxygen atoms in total. The summed E-state index contributed by atoms with van der Waals surface area (Å²) in [4.78, 5) is 21.4.